The van der Waals surface area contributed by atoms with Crippen molar-refractivity contribution in [2.75, 3.05) is 20.8 Å². The van der Waals surface area contributed by atoms with Crippen molar-refractivity contribution in [3.05, 3.63) is 63.6 Å². The van der Waals surface area contributed by atoms with E-state index in [0.717, 1.165) is 32.4 Å². The van der Waals surface area contributed by atoms with E-state index in [2.05, 4.69) is 0 Å². The summed E-state index contributed by atoms with van der Waals surface area (Å²) in [6, 6.07) is 8.11. The molecule has 0 amide bonds. The SMILES string of the molecule is COP(=O)(OC)C(OC(=O)COc1cccc(C(F)(F)F)c1)c1ccc(Cl)cc1Cl. The number of rotatable bonds is 8. The summed E-state index contributed by atoms with van der Waals surface area (Å²) in [5, 5.41) is 0.319. The van der Waals surface area contributed by atoms with Crippen LogP contribution in [0.3, 0.4) is 0 Å². The Labute approximate surface area is 180 Å². The normalized spacial score (nSPS) is 13.0. The van der Waals surface area contributed by atoms with E-state index in [1.54, 1.807) is 0 Å². The maximum Gasteiger partial charge on any atom is 0.416 e. The highest BCUT2D eigenvalue weighted by Crippen LogP contribution is 2.61. The molecule has 0 radical (unpaired) electrons. The summed E-state index contributed by atoms with van der Waals surface area (Å²) in [7, 11) is -1.83. The number of hydrogen-bond donors (Lipinski definition) is 0. The molecule has 0 spiro atoms. The fourth-order valence-corrected chi connectivity index (χ4v) is 4.26. The fourth-order valence-electron chi connectivity index (χ4n) is 2.33. The van der Waals surface area contributed by atoms with Gasteiger partial charge in [-0.1, -0.05) is 35.3 Å². The number of halogens is 5. The van der Waals surface area contributed by atoms with Crippen LogP contribution >= 0.6 is 30.8 Å². The van der Waals surface area contributed by atoms with Gasteiger partial charge < -0.3 is 18.5 Å². The first-order valence-electron chi connectivity index (χ1n) is 8.16. The Morgan fingerprint density at radius 1 is 1.10 bits per heavy atom. The van der Waals surface area contributed by atoms with Gasteiger partial charge in [0.05, 0.1) is 5.56 Å². The predicted octanol–water partition coefficient (Wildman–Crippen LogP) is 6.12. The average molecular weight is 487 g/mol. The van der Waals surface area contributed by atoms with Crippen molar-refractivity contribution in [1.82, 2.24) is 0 Å². The van der Waals surface area contributed by atoms with Crippen LogP contribution in [0.2, 0.25) is 10.0 Å². The van der Waals surface area contributed by atoms with Crippen molar-refractivity contribution < 1.29 is 41.1 Å². The zero-order valence-corrected chi connectivity index (χ0v) is 18.0. The Kier molecular flexibility index (Phi) is 8.19. The molecule has 164 valence electrons. The Morgan fingerprint density at radius 2 is 1.77 bits per heavy atom. The molecule has 0 saturated heterocycles. The lowest BCUT2D eigenvalue weighted by Gasteiger charge is -2.25. The standard InChI is InChI=1S/C18H16Cl2F3O6P/c1-26-30(25,27-2)17(14-7-6-12(19)9-15(14)20)29-16(24)10-28-13-5-3-4-11(8-13)18(21,22)23/h3-9,17H,10H2,1-2H3. The lowest BCUT2D eigenvalue weighted by Crippen LogP contribution is -2.20. The van der Waals surface area contributed by atoms with Crippen LogP contribution < -0.4 is 4.74 Å². The van der Waals surface area contributed by atoms with Crippen LogP contribution in [-0.2, 0) is 29.3 Å². The maximum atomic E-state index is 12.9. The van der Waals surface area contributed by atoms with E-state index in [1.807, 2.05) is 0 Å². The highest BCUT2D eigenvalue weighted by molar-refractivity contribution is 7.54. The molecule has 0 aliphatic carbocycles. The molecule has 0 saturated carbocycles. The lowest BCUT2D eigenvalue weighted by atomic mass is 10.2. The van der Waals surface area contributed by atoms with Gasteiger partial charge in [-0.2, -0.15) is 13.2 Å². The van der Waals surface area contributed by atoms with Gasteiger partial charge in [-0.15, -0.1) is 0 Å². The molecule has 0 aliphatic rings. The van der Waals surface area contributed by atoms with Gasteiger partial charge in [0.1, 0.15) is 5.75 Å². The molecule has 0 N–H and O–H groups in total. The van der Waals surface area contributed by atoms with Gasteiger partial charge in [-0.3, -0.25) is 4.57 Å². The first-order chi connectivity index (χ1) is 14.0. The Bertz CT molecular complexity index is 946. The van der Waals surface area contributed by atoms with Crippen LogP contribution in [0.5, 0.6) is 5.75 Å². The molecule has 1 unspecified atom stereocenters. The van der Waals surface area contributed by atoms with Crippen LogP contribution in [0.15, 0.2) is 42.5 Å². The molecule has 2 rings (SSSR count). The quantitative estimate of drug-likeness (QED) is 0.330. The third-order valence-electron chi connectivity index (χ3n) is 3.79. The van der Waals surface area contributed by atoms with Crippen LogP contribution in [0.25, 0.3) is 0 Å². The topological polar surface area (TPSA) is 71.1 Å². The van der Waals surface area contributed by atoms with Gasteiger partial charge in [0.2, 0.25) is 5.85 Å². The Hall–Kier alpha value is -1.77. The molecule has 6 nitrogen and oxygen atoms in total. The van der Waals surface area contributed by atoms with Gasteiger partial charge in [0, 0.05) is 29.8 Å². The summed E-state index contributed by atoms with van der Waals surface area (Å²) >= 11 is 12.0. The lowest BCUT2D eigenvalue weighted by molar-refractivity contribution is -0.149. The highest BCUT2D eigenvalue weighted by atomic mass is 35.5. The molecular formula is C18H16Cl2F3O6P. The van der Waals surface area contributed by atoms with E-state index in [1.165, 1.54) is 24.3 Å². The molecule has 0 fully saturated rings. The van der Waals surface area contributed by atoms with Gasteiger partial charge in [0.15, 0.2) is 6.61 Å². The second kappa shape index (κ2) is 10.0. The van der Waals surface area contributed by atoms with E-state index in [9.17, 15) is 22.5 Å². The van der Waals surface area contributed by atoms with Crippen LogP contribution in [0, 0.1) is 0 Å². The monoisotopic (exact) mass is 486 g/mol. The summed E-state index contributed by atoms with van der Waals surface area (Å²) in [6.45, 7) is -0.767. The summed E-state index contributed by atoms with van der Waals surface area (Å²) in [5.41, 5.74) is -0.844. The third-order valence-corrected chi connectivity index (χ3v) is 6.32. The molecule has 0 aliphatic heterocycles. The molecular weight excluding hydrogens is 471 g/mol. The van der Waals surface area contributed by atoms with E-state index in [-0.39, 0.29) is 21.4 Å². The molecule has 2 aromatic carbocycles. The van der Waals surface area contributed by atoms with Crippen molar-refractivity contribution >= 4 is 36.8 Å². The molecule has 30 heavy (non-hydrogen) atoms. The van der Waals surface area contributed by atoms with Crippen molar-refractivity contribution in [2.24, 2.45) is 0 Å². The first-order valence-corrected chi connectivity index (χ1v) is 10.5. The smallest absolute Gasteiger partial charge is 0.416 e. The Balaban J connectivity index is 2.20. The van der Waals surface area contributed by atoms with Crippen molar-refractivity contribution in [1.29, 1.82) is 0 Å². The van der Waals surface area contributed by atoms with Crippen molar-refractivity contribution in [3.8, 4) is 5.75 Å². The largest absolute Gasteiger partial charge is 0.482 e. The average Bonchev–Trinajstić information content (AvgIpc) is 2.70. The Morgan fingerprint density at radius 3 is 2.33 bits per heavy atom. The number of esters is 1. The van der Waals surface area contributed by atoms with E-state index in [4.69, 9.17) is 41.7 Å². The zero-order chi connectivity index (χ0) is 22.5. The highest BCUT2D eigenvalue weighted by Gasteiger charge is 2.40. The number of ether oxygens (including phenoxy) is 2. The van der Waals surface area contributed by atoms with Crippen molar-refractivity contribution in [2.45, 2.75) is 12.0 Å². The number of alkyl halides is 3. The number of carbonyl (C=O) groups excluding carboxylic acids is 1. The number of carbonyl (C=O) groups is 1. The molecule has 2 aromatic rings. The summed E-state index contributed by atoms with van der Waals surface area (Å²) < 4.78 is 71.3. The summed E-state index contributed by atoms with van der Waals surface area (Å²) in [5.74, 6) is -2.81. The minimum absolute atomic E-state index is 0.0356. The predicted molar refractivity (Wildman–Crippen MR) is 104 cm³/mol. The molecule has 0 bridgehead atoms. The minimum atomic E-state index is -4.57. The minimum Gasteiger partial charge on any atom is -0.482 e. The van der Waals surface area contributed by atoms with Crippen LogP contribution in [0.4, 0.5) is 13.2 Å². The summed E-state index contributed by atoms with van der Waals surface area (Å²) in [6.07, 6.45) is -4.57. The number of hydrogen-bond acceptors (Lipinski definition) is 6. The molecule has 1 atom stereocenters. The van der Waals surface area contributed by atoms with Gasteiger partial charge >= 0.3 is 19.7 Å². The second-order valence-electron chi connectivity index (χ2n) is 5.73. The van der Waals surface area contributed by atoms with Gasteiger partial charge in [0.25, 0.3) is 0 Å². The molecule has 0 aromatic heterocycles. The second-order valence-corrected chi connectivity index (χ2v) is 8.85. The van der Waals surface area contributed by atoms with E-state index < -0.39 is 37.8 Å². The maximum absolute atomic E-state index is 12.9. The summed E-state index contributed by atoms with van der Waals surface area (Å²) in [4.78, 5) is 12.3. The fraction of sp³-hybridized carbons (Fsp3) is 0.278. The van der Waals surface area contributed by atoms with Gasteiger partial charge in [-0.05, 0) is 30.3 Å². The zero-order valence-electron chi connectivity index (χ0n) is 15.6. The number of benzene rings is 2. The first kappa shape index (κ1) is 24.5. The van der Waals surface area contributed by atoms with E-state index >= 15 is 0 Å². The third kappa shape index (κ3) is 6.12. The van der Waals surface area contributed by atoms with Crippen molar-refractivity contribution in [3.63, 3.8) is 0 Å². The molecule has 12 heteroatoms. The van der Waals surface area contributed by atoms with E-state index in [0.29, 0.717) is 0 Å². The van der Waals surface area contributed by atoms with Crippen LogP contribution in [-0.4, -0.2) is 26.8 Å². The van der Waals surface area contributed by atoms with Crippen LogP contribution in [0.1, 0.15) is 17.0 Å². The molecule has 0 heterocycles. The van der Waals surface area contributed by atoms with Gasteiger partial charge in [-0.25, -0.2) is 4.79 Å².